The van der Waals surface area contributed by atoms with Gasteiger partial charge in [-0.25, -0.2) is 0 Å². The second-order valence-electron chi connectivity index (χ2n) is 4.19. The molecular formula is C13H18N2O3. The molecule has 0 aliphatic carbocycles. The molecule has 5 nitrogen and oxygen atoms in total. The third-order valence-electron chi connectivity index (χ3n) is 2.57. The molecule has 1 aromatic rings. The minimum atomic E-state index is -0.874. The Hall–Kier alpha value is -1.88. The number of hydrogen-bond acceptors (Lipinski definition) is 3. The van der Waals surface area contributed by atoms with Crippen LogP contribution in [0.4, 0.5) is 5.69 Å². The first kappa shape index (κ1) is 14.2. The summed E-state index contributed by atoms with van der Waals surface area (Å²) in [6.45, 7) is 1.93. The van der Waals surface area contributed by atoms with Gasteiger partial charge in [-0.2, -0.15) is 0 Å². The van der Waals surface area contributed by atoms with E-state index in [1.165, 1.54) is 0 Å². The predicted molar refractivity (Wildman–Crippen MR) is 69.3 cm³/mol. The molecule has 0 aliphatic rings. The Morgan fingerprint density at radius 1 is 1.33 bits per heavy atom. The third-order valence-corrected chi connectivity index (χ3v) is 2.57. The molecule has 1 amide bonds. The van der Waals surface area contributed by atoms with E-state index in [0.29, 0.717) is 11.3 Å². The minimum absolute atomic E-state index is 0.0189. The van der Waals surface area contributed by atoms with E-state index in [9.17, 15) is 9.59 Å². The standard InChI is InChI=1S/C13H18N2O3/c1-2-10(14)8-12(16)15-11-5-3-9(4-6-11)7-13(17)18/h3-6,10H,2,7-8,14H2,1H3,(H,15,16)(H,17,18). The first-order chi connectivity index (χ1) is 8.51. The normalized spacial score (nSPS) is 11.9. The molecule has 0 aliphatic heterocycles. The topological polar surface area (TPSA) is 92.4 Å². The molecule has 18 heavy (non-hydrogen) atoms. The molecular weight excluding hydrogens is 232 g/mol. The number of benzene rings is 1. The van der Waals surface area contributed by atoms with Crippen LogP contribution in [0.25, 0.3) is 0 Å². The molecule has 1 unspecified atom stereocenters. The largest absolute Gasteiger partial charge is 0.481 e. The van der Waals surface area contributed by atoms with Crippen LogP contribution in [-0.2, 0) is 16.0 Å². The van der Waals surface area contributed by atoms with Gasteiger partial charge in [0.15, 0.2) is 0 Å². The van der Waals surface area contributed by atoms with Crippen LogP contribution in [0.15, 0.2) is 24.3 Å². The van der Waals surface area contributed by atoms with Gasteiger partial charge in [0, 0.05) is 18.2 Å². The summed E-state index contributed by atoms with van der Waals surface area (Å²) in [6.07, 6.45) is 1.02. The maximum absolute atomic E-state index is 11.6. The van der Waals surface area contributed by atoms with Crippen LogP contribution in [0.2, 0.25) is 0 Å². The molecule has 0 spiro atoms. The second kappa shape index (κ2) is 6.76. The number of carboxylic acids is 1. The lowest BCUT2D eigenvalue weighted by molar-refractivity contribution is -0.136. The van der Waals surface area contributed by atoms with Crippen molar-refractivity contribution in [3.05, 3.63) is 29.8 Å². The van der Waals surface area contributed by atoms with Crippen molar-refractivity contribution in [2.75, 3.05) is 5.32 Å². The number of amides is 1. The van der Waals surface area contributed by atoms with Crippen LogP contribution in [0, 0.1) is 0 Å². The Morgan fingerprint density at radius 2 is 1.94 bits per heavy atom. The van der Waals surface area contributed by atoms with Crippen molar-refractivity contribution in [1.29, 1.82) is 0 Å². The second-order valence-corrected chi connectivity index (χ2v) is 4.19. The van der Waals surface area contributed by atoms with Gasteiger partial charge in [-0.1, -0.05) is 19.1 Å². The summed E-state index contributed by atoms with van der Waals surface area (Å²) in [6, 6.07) is 6.62. The molecule has 0 bridgehead atoms. The molecule has 0 fully saturated rings. The van der Waals surface area contributed by atoms with Gasteiger partial charge in [-0.15, -0.1) is 0 Å². The van der Waals surface area contributed by atoms with Crippen molar-refractivity contribution in [3.63, 3.8) is 0 Å². The number of hydrogen-bond donors (Lipinski definition) is 3. The fourth-order valence-corrected chi connectivity index (χ4v) is 1.48. The highest BCUT2D eigenvalue weighted by Crippen LogP contribution is 2.11. The number of nitrogens with two attached hydrogens (primary N) is 1. The van der Waals surface area contributed by atoms with Crippen molar-refractivity contribution in [1.82, 2.24) is 0 Å². The molecule has 1 atom stereocenters. The lowest BCUT2D eigenvalue weighted by Gasteiger charge is -2.09. The Labute approximate surface area is 106 Å². The van der Waals surface area contributed by atoms with Crippen molar-refractivity contribution >= 4 is 17.6 Å². The Kier molecular flexibility index (Phi) is 5.32. The Bertz CT molecular complexity index is 415. The van der Waals surface area contributed by atoms with E-state index in [1.54, 1.807) is 24.3 Å². The zero-order valence-corrected chi connectivity index (χ0v) is 10.3. The summed E-state index contributed by atoms with van der Waals surface area (Å²) in [5.74, 6) is -1.00. The van der Waals surface area contributed by atoms with Crippen molar-refractivity contribution < 1.29 is 14.7 Å². The number of carbonyl (C=O) groups excluding carboxylic acids is 1. The Morgan fingerprint density at radius 3 is 2.44 bits per heavy atom. The lowest BCUT2D eigenvalue weighted by Crippen LogP contribution is -2.26. The number of carboxylic acid groups (broad SMARTS) is 1. The number of anilines is 1. The average molecular weight is 250 g/mol. The lowest BCUT2D eigenvalue weighted by atomic mass is 10.1. The zero-order chi connectivity index (χ0) is 13.5. The van der Waals surface area contributed by atoms with Crippen LogP contribution in [0.1, 0.15) is 25.3 Å². The van der Waals surface area contributed by atoms with Gasteiger partial charge in [0.25, 0.3) is 0 Å². The first-order valence-corrected chi connectivity index (χ1v) is 5.87. The molecule has 5 heteroatoms. The summed E-state index contributed by atoms with van der Waals surface area (Å²) < 4.78 is 0. The van der Waals surface area contributed by atoms with Gasteiger partial charge < -0.3 is 16.2 Å². The van der Waals surface area contributed by atoms with Gasteiger partial charge in [0.1, 0.15) is 0 Å². The van der Waals surface area contributed by atoms with E-state index in [-0.39, 0.29) is 24.8 Å². The highest BCUT2D eigenvalue weighted by molar-refractivity contribution is 5.91. The monoisotopic (exact) mass is 250 g/mol. The summed E-state index contributed by atoms with van der Waals surface area (Å²) in [5.41, 5.74) is 7.03. The zero-order valence-electron chi connectivity index (χ0n) is 10.3. The molecule has 0 aromatic heterocycles. The molecule has 0 saturated heterocycles. The van der Waals surface area contributed by atoms with E-state index in [4.69, 9.17) is 10.8 Å². The summed E-state index contributed by atoms with van der Waals surface area (Å²) in [4.78, 5) is 22.1. The number of rotatable bonds is 6. The summed E-state index contributed by atoms with van der Waals surface area (Å²) in [7, 11) is 0. The van der Waals surface area contributed by atoms with Gasteiger partial charge in [0.05, 0.1) is 6.42 Å². The molecule has 0 heterocycles. The molecule has 0 saturated carbocycles. The van der Waals surface area contributed by atoms with Crippen LogP contribution in [-0.4, -0.2) is 23.0 Å². The smallest absolute Gasteiger partial charge is 0.307 e. The molecule has 4 N–H and O–H groups in total. The molecule has 98 valence electrons. The van der Waals surface area contributed by atoms with Crippen LogP contribution in [0.5, 0.6) is 0 Å². The highest BCUT2D eigenvalue weighted by Gasteiger charge is 2.08. The Balaban J connectivity index is 2.53. The SMILES string of the molecule is CCC(N)CC(=O)Nc1ccc(CC(=O)O)cc1. The molecule has 0 radical (unpaired) electrons. The highest BCUT2D eigenvalue weighted by atomic mass is 16.4. The predicted octanol–water partition coefficient (Wildman–Crippen LogP) is 1.38. The van der Waals surface area contributed by atoms with Gasteiger partial charge in [-0.3, -0.25) is 9.59 Å². The van der Waals surface area contributed by atoms with Crippen LogP contribution >= 0.6 is 0 Å². The average Bonchev–Trinajstić information content (AvgIpc) is 2.30. The molecule has 1 aromatic carbocycles. The van der Waals surface area contributed by atoms with Crippen LogP contribution < -0.4 is 11.1 Å². The van der Waals surface area contributed by atoms with E-state index in [2.05, 4.69) is 5.32 Å². The van der Waals surface area contributed by atoms with Crippen molar-refractivity contribution in [2.24, 2.45) is 5.73 Å². The minimum Gasteiger partial charge on any atom is -0.481 e. The number of aliphatic carboxylic acids is 1. The first-order valence-electron chi connectivity index (χ1n) is 5.87. The van der Waals surface area contributed by atoms with Crippen LogP contribution in [0.3, 0.4) is 0 Å². The van der Waals surface area contributed by atoms with E-state index in [1.807, 2.05) is 6.92 Å². The summed E-state index contributed by atoms with van der Waals surface area (Å²) >= 11 is 0. The maximum atomic E-state index is 11.6. The number of nitrogens with one attached hydrogen (secondary N) is 1. The quantitative estimate of drug-likeness (QED) is 0.711. The van der Waals surface area contributed by atoms with E-state index >= 15 is 0 Å². The van der Waals surface area contributed by atoms with Crippen molar-refractivity contribution in [2.45, 2.75) is 32.2 Å². The van der Waals surface area contributed by atoms with Gasteiger partial charge in [-0.05, 0) is 24.1 Å². The van der Waals surface area contributed by atoms with E-state index < -0.39 is 5.97 Å². The molecule has 1 rings (SSSR count). The van der Waals surface area contributed by atoms with Gasteiger partial charge >= 0.3 is 5.97 Å². The van der Waals surface area contributed by atoms with Crippen molar-refractivity contribution in [3.8, 4) is 0 Å². The van der Waals surface area contributed by atoms with E-state index in [0.717, 1.165) is 6.42 Å². The number of carbonyl (C=O) groups is 2. The fraction of sp³-hybridized carbons (Fsp3) is 0.385. The summed E-state index contributed by atoms with van der Waals surface area (Å²) in [5, 5.41) is 11.3. The third kappa shape index (κ3) is 4.97. The van der Waals surface area contributed by atoms with Gasteiger partial charge in [0.2, 0.25) is 5.91 Å². The fourth-order valence-electron chi connectivity index (χ4n) is 1.48. The maximum Gasteiger partial charge on any atom is 0.307 e.